The highest BCUT2D eigenvalue weighted by Crippen LogP contribution is 2.32. The molecule has 0 fully saturated rings. The van der Waals surface area contributed by atoms with Gasteiger partial charge in [-0.25, -0.2) is 4.79 Å². The van der Waals surface area contributed by atoms with E-state index in [-0.39, 0.29) is 12.1 Å². The average molecular weight is 358 g/mol. The van der Waals surface area contributed by atoms with E-state index in [9.17, 15) is 9.59 Å². The van der Waals surface area contributed by atoms with E-state index in [0.717, 1.165) is 5.69 Å². The minimum absolute atomic E-state index is 0.167. The summed E-state index contributed by atoms with van der Waals surface area (Å²) in [6, 6.07) is 7.47. The van der Waals surface area contributed by atoms with Gasteiger partial charge < -0.3 is 9.47 Å². The minimum atomic E-state index is -0.400. The smallest absolute Gasteiger partial charge is 0.310 e. The van der Waals surface area contributed by atoms with Crippen molar-refractivity contribution >= 4 is 34.4 Å². The lowest BCUT2D eigenvalue weighted by Gasteiger charge is -2.16. The first kappa shape index (κ1) is 15.7. The molecule has 0 N–H and O–H groups in total. The molecule has 0 unspecified atom stereocenters. The van der Waals surface area contributed by atoms with Crippen molar-refractivity contribution in [2.75, 3.05) is 11.4 Å². The van der Waals surface area contributed by atoms with E-state index in [2.05, 4.69) is 11.6 Å². The zero-order valence-corrected chi connectivity index (χ0v) is 14.4. The van der Waals surface area contributed by atoms with Crippen LogP contribution in [0.2, 0.25) is 5.02 Å². The Balaban J connectivity index is 1.99. The number of fused-ring (bicyclic) bond motifs is 3. The number of imidazole rings is 1. The number of anilines is 2. The van der Waals surface area contributed by atoms with E-state index < -0.39 is 5.69 Å². The lowest BCUT2D eigenvalue weighted by atomic mass is 10.3. The van der Waals surface area contributed by atoms with Crippen molar-refractivity contribution < 1.29 is 0 Å². The molecule has 0 bridgehead atoms. The molecule has 1 aliphatic heterocycles. The van der Waals surface area contributed by atoms with Gasteiger partial charge in [0.15, 0.2) is 11.2 Å². The van der Waals surface area contributed by atoms with Crippen LogP contribution in [0.3, 0.4) is 0 Å². The third kappa shape index (κ3) is 2.23. The molecule has 0 radical (unpaired) electrons. The second-order valence-electron chi connectivity index (χ2n) is 5.91. The summed E-state index contributed by atoms with van der Waals surface area (Å²) in [4.78, 5) is 31.8. The van der Waals surface area contributed by atoms with Crippen LogP contribution in [-0.2, 0) is 20.1 Å². The second-order valence-corrected chi connectivity index (χ2v) is 6.35. The highest BCUT2D eigenvalue weighted by Gasteiger charge is 2.28. The Labute approximate surface area is 148 Å². The number of benzene rings is 1. The Kier molecular flexibility index (Phi) is 3.54. The Morgan fingerprint density at radius 3 is 2.84 bits per heavy atom. The number of aromatic nitrogens is 4. The van der Waals surface area contributed by atoms with Crippen LogP contribution in [0.1, 0.15) is 0 Å². The zero-order valence-electron chi connectivity index (χ0n) is 13.6. The summed E-state index contributed by atoms with van der Waals surface area (Å²) >= 11 is 6.09. The van der Waals surface area contributed by atoms with E-state index in [1.54, 1.807) is 7.05 Å². The quantitative estimate of drug-likeness (QED) is 0.671. The minimum Gasteiger partial charge on any atom is -0.310 e. The number of allylic oxidation sites excluding steroid dienone is 1. The first-order valence-electron chi connectivity index (χ1n) is 7.87. The lowest BCUT2D eigenvalue weighted by molar-refractivity contribution is 0.662. The van der Waals surface area contributed by atoms with Crippen molar-refractivity contribution in [3.63, 3.8) is 0 Å². The molecule has 25 heavy (non-hydrogen) atoms. The fourth-order valence-corrected chi connectivity index (χ4v) is 3.44. The first-order valence-corrected chi connectivity index (χ1v) is 8.25. The van der Waals surface area contributed by atoms with Gasteiger partial charge in [-0.1, -0.05) is 23.7 Å². The van der Waals surface area contributed by atoms with E-state index in [1.165, 1.54) is 15.2 Å². The van der Waals surface area contributed by atoms with Gasteiger partial charge in [0.25, 0.3) is 5.56 Å². The normalized spacial score (nSPS) is 13.4. The standard InChI is InChI=1S/C17H16ClN5O2/c1-3-7-23-15(24)13-14(20(2)17(23)25)19-16-21(8-9-22(13)16)12-6-4-5-11(18)10-12/h3-6,10H,1,7-9H2,2H3. The molecule has 3 heterocycles. The maximum atomic E-state index is 12.8. The van der Waals surface area contributed by atoms with Crippen LogP contribution >= 0.6 is 11.6 Å². The fourth-order valence-electron chi connectivity index (χ4n) is 3.26. The van der Waals surface area contributed by atoms with Gasteiger partial charge in [-0.3, -0.25) is 13.9 Å². The number of rotatable bonds is 3. The van der Waals surface area contributed by atoms with Crippen LogP contribution in [-0.4, -0.2) is 25.2 Å². The third-order valence-corrected chi connectivity index (χ3v) is 4.67. The van der Waals surface area contributed by atoms with E-state index in [0.29, 0.717) is 35.2 Å². The molecule has 0 amide bonds. The molecule has 1 aliphatic rings. The maximum Gasteiger partial charge on any atom is 0.332 e. The number of halogens is 1. The molecular weight excluding hydrogens is 342 g/mol. The van der Waals surface area contributed by atoms with E-state index in [4.69, 9.17) is 11.6 Å². The average Bonchev–Trinajstić information content (AvgIpc) is 3.16. The van der Waals surface area contributed by atoms with Gasteiger partial charge in [-0.05, 0) is 18.2 Å². The lowest BCUT2D eigenvalue weighted by Crippen LogP contribution is -2.39. The Morgan fingerprint density at radius 1 is 1.32 bits per heavy atom. The van der Waals surface area contributed by atoms with Crippen molar-refractivity contribution in [3.05, 3.63) is 62.8 Å². The highest BCUT2D eigenvalue weighted by atomic mass is 35.5. The van der Waals surface area contributed by atoms with Crippen LogP contribution in [0.15, 0.2) is 46.5 Å². The molecule has 3 aromatic rings. The second kappa shape index (κ2) is 5.63. The molecule has 7 nitrogen and oxygen atoms in total. The van der Waals surface area contributed by atoms with E-state index in [1.807, 2.05) is 33.7 Å². The van der Waals surface area contributed by atoms with Crippen LogP contribution in [0, 0.1) is 0 Å². The third-order valence-electron chi connectivity index (χ3n) is 4.43. The molecule has 0 saturated heterocycles. The summed E-state index contributed by atoms with van der Waals surface area (Å²) in [6.45, 7) is 5.08. The Bertz CT molecular complexity index is 1120. The molecule has 0 aliphatic carbocycles. The first-order chi connectivity index (χ1) is 12.0. The molecule has 2 aromatic heterocycles. The van der Waals surface area contributed by atoms with Gasteiger partial charge in [-0.15, -0.1) is 6.58 Å². The summed E-state index contributed by atoms with van der Waals surface area (Å²) in [5.74, 6) is 0.640. The van der Waals surface area contributed by atoms with Crippen molar-refractivity contribution in [2.24, 2.45) is 7.05 Å². The van der Waals surface area contributed by atoms with Crippen molar-refractivity contribution in [1.82, 2.24) is 18.7 Å². The van der Waals surface area contributed by atoms with Gasteiger partial charge >= 0.3 is 5.69 Å². The van der Waals surface area contributed by atoms with Gasteiger partial charge in [0.2, 0.25) is 5.95 Å². The van der Waals surface area contributed by atoms with Gasteiger partial charge in [0, 0.05) is 37.4 Å². The maximum absolute atomic E-state index is 12.8. The van der Waals surface area contributed by atoms with Crippen LogP contribution in [0.4, 0.5) is 11.6 Å². The van der Waals surface area contributed by atoms with E-state index >= 15 is 0 Å². The van der Waals surface area contributed by atoms with Crippen molar-refractivity contribution in [1.29, 1.82) is 0 Å². The summed E-state index contributed by atoms with van der Waals surface area (Å²) < 4.78 is 4.44. The van der Waals surface area contributed by atoms with Crippen molar-refractivity contribution in [3.8, 4) is 0 Å². The SMILES string of the molecule is C=CCn1c(=O)c2c(nc3n2CCN3c2cccc(Cl)c2)n(C)c1=O. The Morgan fingerprint density at radius 2 is 2.12 bits per heavy atom. The number of nitrogens with zero attached hydrogens (tertiary/aromatic N) is 5. The molecule has 0 saturated carbocycles. The molecule has 0 atom stereocenters. The fraction of sp³-hybridized carbons (Fsp3) is 0.235. The Hall–Kier alpha value is -2.80. The molecule has 1 aromatic carbocycles. The summed E-state index contributed by atoms with van der Waals surface area (Å²) in [5, 5.41) is 0.632. The van der Waals surface area contributed by atoms with Crippen molar-refractivity contribution in [2.45, 2.75) is 13.1 Å². The zero-order chi connectivity index (χ0) is 17.7. The van der Waals surface area contributed by atoms with Crippen LogP contribution in [0.5, 0.6) is 0 Å². The summed E-state index contributed by atoms with van der Waals surface area (Å²) in [7, 11) is 1.62. The molecule has 4 rings (SSSR count). The number of aryl methyl sites for hydroxylation is 1. The van der Waals surface area contributed by atoms with Crippen LogP contribution in [0.25, 0.3) is 11.2 Å². The molecule has 128 valence electrons. The summed E-state index contributed by atoms with van der Waals surface area (Å²) in [5.41, 5.74) is 0.978. The number of hydrogen-bond donors (Lipinski definition) is 0. The largest absolute Gasteiger partial charge is 0.332 e. The molecule has 0 spiro atoms. The monoisotopic (exact) mass is 357 g/mol. The van der Waals surface area contributed by atoms with Gasteiger partial charge in [0.05, 0.1) is 0 Å². The van der Waals surface area contributed by atoms with Gasteiger partial charge in [-0.2, -0.15) is 4.98 Å². The number of hydrogen-bond acceptors (Lipinski definition) is 4. The molecule has 8 heteroatoms. The predicted octanol–water partition coefficient (Wildman–Crippen LogP) is 1.89. The summed E-state index contributed by atoms with van der Waals surface area (Å²) in [6.07, 6.45) is 1.54. The highest BCUT2D eigenvalue weighted by molar-refractivity contribution is 6.30. The topological polar surface area (TPSA) is 65.1 Å². The van der Waals surface area contributed by atoms with Crippen LogP contribution < -0.4 is 16.1 Å². The predicted molar refractivity (Wildman–Crippen MR) is 97.9 cm³/mol. The molecular formula is C17H16ClN5O2. The van der Waals surface area contributed by atoms with Gasteiger partial charge in [0.1, 0.15) is 0 Å².